The van der Waals surface area contributed by atoms with Crippen molar-refractivity contribution in [2.75, 3.05) is 0 Å². The normalized spacial score (nSPS) is 13.4. The summed E-state index contributed by atoms with van der Waals surface area (Å²) in [4.78, 5) is 18.6. The van der Waals surface area contributed by atoms with Crippen molar-refractivity contribution in [3.8, 4) is 11.3 Å². The molecule has 1 heterocycles. The number of hydrogen-bond acceptors (Lipinski definition) is 2. The van der Waals surface area contributed by atoms with E-state index in [1.807, 2.05) is 13.0 Å². The average Bonchev–Trinajstić information content (AvgIpc) is 2.99. The van der Waals surface area contributed by atoms with Gasteiger partial charge in [-0.2, -0.15) is 4.99 Å². The van der Waals surface area contributed by atoms with Crippen molar-refractivity contribution in [3.05, 3.63) is 75.2 Å². The lowest BCUT2D eigenvalue weighted by atomic mass is 9.93. The third-order valence-electron chi connectivity index (χ3n) is 4.49. The number of thiazole rings is 1. The minimum atomic E-state index is -0.536. The summed E-state index contributed by atoms with van der Waals surface area (Å²) in [5.74, 6) is -1.07. The van der Waals surface area contributed by atoms with Crippen molar-refractivity contribution in [3.63, 3.8) is 0 Å². The fourth-order valence-electron chi connectivity index (χ4n) is 3.30. The number of aryl methyl sites for hydroxylation is 2. The molecule has 0 saturated heterocycles. The second-order valence-corrected chi connectivity index (χ2v) is 7.02. The van der Waals surface area contributed by atoms with Gasteiger partial charge in [0, 0.05) is 17.0 Å². The molecule has 0 saturated carbocycles. The summed E-state index contributed by atoms with van der Waals surface area (Å²) in [6.07, 6.45) is 1.94. The van der Waals surface area contributed by atoms with Gasteiger partial charge in [-0.25, -0.2) is 4.39 Å². The van der Waals surface area contributed by atoms with Crippen molar-refractivity contribution in [2.24, 2.45) is 4.99 Å². The summed E-state index contributed by atoms with van der Waals surface area (Å²) in [6, 6.07) is 14.3. The number of carbonyl (C=O) groups excluding carboxylic acids is 1. The van der Waals surface area contributed by atoms with Crippen LogP contribution in [-0.4, -0.2) is 10.5 Å². The molecule has 1 aliphatic rings. The predicted molar refractivity (Wildman–Crippen MR) is 97.1 cm³/mol. The van der Waals surface area contributed by atoms with Gasteiger partial charge in [0.2, 0.25) is 0 Å². The average molecular weight is 352 g/mol. The van der Waals surface area contributed by atoms with Gasteiger partial charge in [-0.15, -0.1) is 11.3 Å². The van der Waals surface area contributed by atoms with Crippen LogP contribution in [0.4, 0.5) is 4.39 Å². The monoisotopic (exact) mass is 352 g/mol. The Morgan fingerprint density at radius 3 is 2.72 bits per heavy atom. The van der Waals surface area contributed by atoms with Gasteiger partial charge in [-0.3, -0.25) is 4.79 Å². The molecule has 0 N–H and O–H groups in total. The summed E-state index contributed by atoms with van der Waals surface area (Å²) >= 11 is 1.53. The van der Waals surface area contributed by atoms with Crippen LogP contribution in [0.15, 0.2) is 53.5 Å². The first-order chi connectivity index (χ1) is 12.2. The fraction of sp³-hybridized carbons (Fsp3) is 0.200. The van der Waals surface area contributed by atoms with Crippen LogP contribution < -0.4 is 4.80 Å². The number of hydrogen-bond donors (Lipinski definition) is 0. The highest BCUT2D eigenvalue weighted by molar-refractivity contribution is 7.09. The number of rotatable bonds is 2. The summed E-state index contributed by atoms with van der Waals surface area (Å²) in [6.45, 7) is 2.75. The Bertz CT molecular complexity index is 1030. The molecule has 0 bridgehead atoms. The lowest BCUT2D eigenvalue weighted by Crippen LogP contribution is -2.18. The van der Waals surface area contributed by atoms with Crippen LogP contribution in [0.3, 0.4) is 0 Å². The first-order valence-electron chi connectivity index (χ1n) is 8.33. The van der Waals surface area contributed by atoms with Crippen molar-refractivity contribution in [2.45, 2.75) is 26.3 Å². The first-order valence-corrected chi connectivity index (χ1v) is 9.15. The second-order valence-electron chi connectivity index (χ2n) is 5.95. The van der Waals surface area contributed by atoms with Gasteiger partial charge in [0.25, 0.3) is 5.91 Å². The molecule has 1 aromatic heterocycles. The maximum atomic E-state index is 13.9. The minimum absolute atomic E-state index is 0.0110. The molecule has 2 aromatic carbocycles. The van der Waals surface area contributed by atoms with Gasteiger partial charge in [0.15, 0.2) is 4.80 Å². The highest BCUT2D eigenvalue weighted by Crippen LogP contribution is 2.34. The maximum Gasteiger partial charge on any atom is 0.282 e. The highest BCUT2D eigenvalue weighted by atomic mass is 32.1. The van der Waals surface area contributed by atoms with E-state index in [2.05, 4.69) is 27.8 Å². The molecule has 4 rings (SSSR count). The summed E-state index contributed by atoms with van der Waals surface area (Å²) in [5, 5.41) is 0. The molecule has 0 atom stereocenters. The van der Waals surface area contributed by atoms with Crippen LogP contribution in [0.1, 0.15) is 27.7 Å². The molecule has 25 heavy (non-hydrogen) atoms. The van der Waals surface area contributed by atoms with E-state index >= 15 is 0 Å². The molecule has 1 amide bonds. The Balaban J connectivity index is 1.87. The first kappa shape index (κ1) is 16.0. The summed E-state index contributed by atoms with van der Waals surface area (Å²) in [5.41, 5.74) is 3.69. The van der Waals surface area contributed by atoms with Crippen LogP contribution in [0.2, 0.25) is 0 Å². The van der Waals surface area contributed by atoms with Crippen LogP contribution in [0.5, 0.6) is 0 Å². The second kappa shape index (κ2) is 6.41. The standard InChI is InChI=1S/C20H17FN2OS/c1-2-23-18-14-8-4-3-7-13(14)11-12-17(18)25-20(23)22-19(24)15-9-5-6-10-16(15)21/h3-10H,2,11-12H2,1H3. The number of benzene rings is 2. The zero-order chi connectivity index (χ0) is 17.4. The van der Waals surface area contributed by atoms with E-state index in [-0.39, 0.29) is 5.56 Å². The molecule has 0 spiro atoms. The quantitative estimate of drug-likeness (QED) is 0.680. The van der Waals surface area contributed by atoms with Gasteiger partial charge < -0.3 is 4.57 Å². The molecule has 0 unspecified atom stereocenters. The Morgan fingerprint density at radius 1 is 1.16 bits per heavy atom. The number of halogens is 1. The third kappa shape index (κ3) is 2.74. The van der Waals surface area contributed by atoms with Gasteiger partial charge in [-0.05, 0) is 37.5 Å². The third-order valence-corrected chi connectivity index (χ3v) is 5.63. The van der Waals surface area contributed by atoms with E-state index in [0.717, 1.165) is 18.5 Å². The van der Waals surface area contributed by atoms with Gasteiger partial charge >= 0.3 is 0 Å². The van der Waals surface area contributed by atoms with Crippen molar-refractivity contribution in [1.29, 1.82) is 0 Å². The van der Waals surface area contributed by atoms with Gasteiger partial charge in [-0.1, -0.05) is 36.4 Å². The Labute approximate surface area is 149 Å². The fourth-order valence-corrected chi connectivity index (χ4v) is 4.50. The van der Waals surface area contributed by atoms with Crippen molar-refractivity contribution in [1.82, 2.24) is 4.57 Å². The lowest BCUT2D eigenvalue weighted by Gasteiger charge is -2.17. The maximum absolute atomic E-state index is 13.9. The molecule has 0 aliphatic heterocycles. The molecular formula is C20H17FN2OS. The van der Waals surface area contributed by atoms with E-state index in [0.29, 0.717) is 11.3 Å². The largest absolute Gasteiger partial charge is 0.316 e. The molecule has 5 heteroatoms. The Morgan fingerprint density at radius 2 is 1.92 bits per heavy atom. The van der Waals surface area contributed by atoms with E-state index in [9.17, 15) is 9.18 Å². The van der Waals surface area contributed by atoms with Gasteiger partial charge in [0.05, 0.1) is 11.3 Å². The van der Waals surface area contributed by atoms with Crippen LogP contribution in [0, 0.1) is 5.82 Å². The SMILES string of the molecule is CCn1c2c(sc1=NC(=O)c1ccccc1F)CCc1ccccc1-2. The van der Waals surface area contributed by atoms with E-state index in [1.54, 1.807) is 12.1 Å². The zero-order valence-electron chi connectivity index (χ0n) is 13.8. The molecule has 3 nitrogen and oxygen atoms in total. The zero-order valence-corrected chi connectivity index (χ0v) is 14.6. The van der Waals surface area contributed by atoms with Gasteiger partial charge in [0.1, 0.15) is 5.82 Å². The Hall–Kier alpha value is -2.53. The molecule has 0 fully saturated rings. The Kier molecular flexibility index (Phi) is 4.09. The molecule has 126 valence electrons. The van der Waals surface area contributed by atoms with Crippen molar-refractivity contribution < 1.29 is 9.18 Å². The smallest absolute Gasteiger partial charge is 0.282 e. The topological polar surface area (TPSA) is 34.4 Å². The molecule has 0 radical (unpaired) electrons. The number of aromatic nitrogens is 1. The number of carbonyl (C=O) groups is 1. The highest BCUT2D eigenvalue weighted by Gasteiger charge is 2.22. The predicted octanol–water partition coefficient (Wildman–Crippen LogP) is 4.22. The number of fused-ring (bicyclic) bond motifs is 3. The van der Waals surface area contributed by atoms with Crippen LogP contribution in [-0.2, 0) is 19.4 Å². The number of nitrogens with zero attached hydrogens (tertiary/aromatic N) is 2. The van der Waals surface area contributed by atoms with Crippen LogP contribution >= 0.6 is 11.3 Å². The minimum Gasteiger partial charge on any atom is -0.316 e. The summed E-state index contributed by atoms with van der Waals surface area (Å²) < 4.78 is 15.9. The molecular weight excluding hydrogens is 335 g/mol. The summed E-state index contributed by atoms with van der Waals surface area (Å²) in [7, 11) is 0. The molecule has 1 aliphatic carbocycles. The van der Waals surface area contributed by atoms with E-state index in [1.165, 1.54) is 39.5 Å². The van der Waals surface area contributed by atoms with Crippen molar-refractivity contribution >= 4 is 17.2 Å². The van der Waals surface area contributed by atoms with E-state index < -0.39 is 11.7 Å². The number of amides is 1. The van der Waals surface area contributed by atoms with E-state index in [4.69, 9.17) is 0 Å². The molecule has 3 aromatic rings. The van der Waals surface area contributed by atoms with Crippen LogP contribution in [0.25, 0.3) is 11.3 Å². The lowest BCUT2D eigenvalue weighted by molar-refractivity contribution is 0.0994.